The Bertz CT molecular complexity index is 565. The van der Waals surface area contributed by atoms with Crippen LogP contribution in [0.2, 0.25) is 5.15 Å². The van der Waals surface area contributed by atoms with Crippen LogP contribution in [0, 0.1) is 0 Å². The highest BCUT2D eigenvalue weighted by molar-refractivity contribution is 7.89. The summed E-state index contributed by atoms with van der Waals surface area (Å²) in [5.74, 6) is 0. The van der Waals surface area contributed by atoms with Gasteiger partial charge in [0.05, 0.1) is 6.33 Å². The zero-order valence-corrected chi connectivity index (χ0v) is 14.1. The Labute approximate surface area is 131 Å². The van der Waals surface area contributed by atoms with E-state index in [9.17, 15) is 8.42 Å². The van der Waals surface area contributed by atoms with Gasteiger partial charge in [0.25, 0.3) is 10.0 Å². The van der Waals surface area contributed by atoms with Gasteiger partial charge in [-0.15, -0.1) is 0 Å². The normalized spacial score (nSPS) is 18.2. The summed E-state index contributed by atoms with van der Waals surface area (Å²) in [6.07, 6.45) is 5.44. The smallest absolute Gasteiger partial charge is 0.261 e. The molecule has 0 aromatic carbocycles. The van der Waals surface area contributed by atoms with Gasteiger partial charge in [-0.2, -0.15) is 0 Å². The molecule has 6 nitrogen and oxygen atoms in total. The van der Waals surface area contributed by atoms with Crippen LogP contribution in [0.1, 0.15) is 32.6 Å². The number of imidazole rings is 1. The lowest BCUT2D eigenvalue weighted by Crippen LogP contribution is -2.44. The van der Waals surface area contributed by atoms with Crippen LogP contribution in [0.4, 0.5) is 0 Å². The van der Waals surface area contributed by atoms with Gasteiger partial charge < -0.3 is 9.47 Å². The quantitative estimate of drug-likeness (QED) is 0.858. The Morgan fingerprint density at radius 3 is 2.62 bits per heavy atom. The highest BCUT2D eigenvalue weighted by Crippen LogP contribution is 2.20. The summed E-state index contributed by atoms with van der Waals surface area (Å²) in [7, 11) is -1.97. The number of hydrogen-bond donors (Lipinski definition) is 1. The third-order valence-corrected chi connectivity index (χ3v) is 5.84. The van der Waals surface area contributed by atoms with Crippen molar-refractivity contribution in [2.75, 3.05) is 19.6 Å². The molecular formula is C13H23ClN4O2S. The van der Waals surface area contributed by atoms with Crippen molar-refractivity contribution in [3.8, 4) is 0 Å². The van der Waals surface area contributed by atoms with Crippen LogP contribution < -0.4 is 4.72 Å². The van der Waals surface area contributed by atoms with Crippen molar-refractivity contribution in [2.24, 2.45) is 7.05 Å². The number of piperidine rings is 1. The summed E-state index contributed by atoms with van der Waals surface area (Å²) in [4.78, 5) is 6.27. The summed E-state index contributed by atoms with van der Waals surface area (Å²) in [5.41, 5.74) is 0. The lowest BCUT2D eigenvalue weighted by molar-refractivity contribution is 0.205. The maximum atomic E-state index is 12.3. The van der Waals surface area contributed by atoms with Crippen molar-refractivity contribution in [3.05, 3.63) is 11.5 Å². The highest BCUT2D eigenvalue weighted by atomic mass is 35.5. The third kappa shape index (κ3) is 4.18. The SMILES string of the molecule is CCCCN1CCC(NS(=O)(=O)c2ncn(C)c2Cl)CC1. The van der Waals surface area contributed by atoms with Gasteiger partial charge in [0.15, 0.2) is 0 Å². The number of aryl methyl sites for hydroxylation is 1. The van der Waals surface area contributed by atoms with Crippen molar-refractivity contribution in [3.63, 3.8) is 0 Å². The van der Waals surface area contributed by atoms with Crippen LogP contribution in [-0.4, -0.2) is 48.5 Å². The van der Waals surface area contributed by atoms with Crippen LogP contribution in [-0.2, 0) is 17.1 Å². The van der Waals surface area contributed by atoms with E-state index in [1.807, 2.05) is 0 Å². The average molecular weight is 335 g/mol. The lowest BCUT2D eigenvalue weighted by Gasteiger charge is -2.31. The predicted octanol–water partition coefficient (Wildman–Crippen LogP) is 1.62. The van der Waals surface area contributed by atoms with E-state index in [-0.39, 0.29) is 16.2 Å². The average Bonchev–Trinajstić information content (AvgIpc) is 2.78. The number of rotatable bonds is 6. The van der Waals surface area contributed by atoms with Crippen LogP contribution >= 0.6 is 11.6 Å². The number of sulfonamides is 1. The molecule has 2 heterocycles. The van der Waals surface area contributed by atoms with E-state index in [0.717, 1.165) is 32.5 Å². The van der Waals surface area contributed by atoms with Crippen LogP contribution in [0.3, 0.4) is 0 Å². The summed E-state index contributed by atoms with van der Waals surface area (Å²) in [6.45, 7) is 5.14. The Balaban J connectivity index is 1.92. The van der Waals surface area contributed by atoms with E-state index < -0.39 is 10.0 Å². The molecule has 0 radical (unpaired) electrons. The second-order valence-corrected chi connectivity index (χ2v) is 7.53. The van der Waals surface area contributed by atoms with Crippen molar-refractivity contribution < 1.29 is 8.42 Å². The minimum Gasteiger partial charge on any atom is -0.324 e. The molecule has 0 amide bonds. The van der Waals surface area contributed by atoms with Crippen molar-refractivity contribution in [2.45, 2.75) is 43.7 Å². The molecule has 1 aromatic heterocycles. The molecule has 1 N–H and O–H groups in total. The van der Waals surface area contributed by atoms with Crippen molar-refractivity contribution >= 4 is 21.6 Å². The van der Waals surface area contributed by atoms with Gasteiger partial charge in [-0.25, -0.2) is 18.1 Å². The number of halogens is 1. The van der Waals surface area contributed by atoms with Gasteiger partial charge in [-0.05, 0) is 38.9 Å². The molecule has 0 unspecified atom stereocenters. The van der Waals surface area contributed by atoms with E-state index in [0.29, 0.717) is 0 Å². The number of aromatic nitrogens is 2. The number of unbranched alkanes of at least 4 members (excludes halogenated alkanes) is 1. The first-order chi connectivity index (χ1) is 9.94. The number of hydrogen-bond acceptors (Lipinski definition) is 4. The molecule has 21 heavy (non-hydrogen) atoms. The Morgan fingerprint density at radius 2 is 2.10 bits per heavy atom. The molecule has 0 bridgehead atoms. The van der Waals surface area contributed by atoms with Gasteiger partial charge in [0.1, 0.15) is 5.15 Å². The third-order valence-electron chi connectivity index (χ3n) is 3.83. The molecule has 0 atom stereocenters. The number of nitrogens with one attached hydrogen (secondary N) is 1. The zero-order chi connectivity index (χ0) is 15.5. The van der Waals surface area contributed by atoms with E-state index in [1.165, 1.54) is 23.7 Å². The molecule has 0 spiro atoms. The molecule has 1 aliphatic heterocycles. The second kappa shape index (κ2) is 7.09. The fourth-order valence-electron chi connectivity index (χ4n) is 2.51. The number of nitrogens with zero attached hydrogens (tertiary/aromatic N) is 3. The topological polar surface area (TPSA) is 67.2 Å². The maximum Gasteiger partial charge on any atom is 0.261 e. The monoisotopic (exact) mass is 334 g/mol. The molecule has 1 saturated heterocycles. The fraction of sp³-hybridized carbons (Fsp3) is 0.769. The Kier molecular flexibility index (Phi) is 5.65. The Morgan fingerprint density at radius 1 is 1.43 bits per heavy atom. The van der Waals surface area contributed by atoms with Gasteiger partial charge in [0, 0.05) is 13.1 Å². The first kappa shape index (κ1) is 16.7. The summed E-state index contributed by atoms with van der Waals surface area (Å²) in [6, 6.07) is -0.0362. The first-order valence-corrected chi connectivity index (χ1v) is 9.21. The van der Waals surface area contributed by atoms with Crippen molar-refractivity contribution in [1.82, 2.24) is 19.2 Å². The summed E-state index contributed by atoms with van der Waals surface area (Å²) >= 11 is 5.96. The molecule has 120 valence electrons. The molecule has 1 aromatic rings. The van der Waals surface area contributed by atoms with Crippen LogP contribution in [0.5, 0.6) is 0 Å². The van der Waals surface area contributed by atoms with Crippen molar-refractivity contribution in [1.29, 1.82) is 0 Å². The van der Waals surface area contributed by atoms with E-state index >= 15 is 0 Å². The van der Waals surface area contributed by atoms with Gasteiger partial charge in [-0.1, -0.05) is 24.9 Å². The number of likely N-dealkylation sites (tertiary alicyclic amines) is 1. The zero-order valence-electron chi connectivity index (χ0n) is 12.5. The molecule has 8 heteroatoms. The standard InChI is InChI=1S/C13H23ClN4O2S/c1-3-4-7-18-8-5-11(6-9-18)16-21(19,20)13-12(14)17(2)10-15-13/h10-11,16H,3-9H2,1-2H3. The summed E-state index contributed by atoms with van der Waals surface area (Å²) in [5, 5.41) is 0.0583. The van der Waals surface area contributed by atoms with Gasteiger partial charge >= 0.3 is 0 Å². The maximum absolute atomic E-state index is 12.3. The fourth-order valence-corrected chi connectivity index (χ4v) is 4.24. The van der Waals surface area contributed by atoms with E-state index in [1.54, 1.807) is 7.05 Å². The minimum absolute atomic E-state index is 0.0362. The van der Waals surface area contributed by atoms with E-state index in [4.69, 9.17) is 11.6 Å². The first-order valence-electron chi connectivity index (χ1n) is 7.35. The van der Waals surface area contributed by atoms with E-state index in [2.05, 4.69) is 21.5 Å². The molecule has 1 fully saturated rings. The van der Waals surface area contributed by atoms with Gasteiger partial charge in [-0.3, -0.25) is 0 Å². The largest absolute Gasteiger partial charge is 0.324 e. The Hall–Kier alpha value is -0.630. The van der Waals surface area contributed by atoms with Gasteiger partial charge in [0.2, 0.25) is 5.03 Å². The highest BCUT2D eigenvalue weighted by Gasteiger charge is 2.28. The van der Waals surface area contributed by atoms with Crippen LogP contribution in [0.15, 0.2) is 11.4 Å². The molecule has 1 aliphatic rings. The predicted molar refractivity (Wildman–Crippen MR) is 82.9 cm³/mol. The molecule has 2 rings (SSSR count). The lowest BCUT2D eigenvalue weighted by atomic mass is 10.1. The molecular weight excluding hydrogens is 312 g/mol. The summed E-state index contributed by atoms with van der Waals surface area (Å²) < 4.78 is 28.8. The minimum atomic E-state index is -3.64. The molecule has 0 aliphatic carbocycles. The molecule has 0 saturated carbocycles. The second-order valence-electron chi connectivity index (χ2n) is 5.54. The van der Waals surface area contributed by atoms with Crippen LogP contribution in [0.25, 0.3) is 0 Å².